The minimum absolute atomic E-state index is 0.270. The summed E-state index contributed by atoms with van der Waals surface area (Å²) in [6.07, 6.45) is 48.5. The van der Waals surface area contributed by atoms with Crippen LogP contribution in [0.4, 0.5) is 0 Å². The van der Waals surface area contributed by atoms with E-state index in [1.165, 1.54) is 31.8 Å². The van der Waals surface area contributed by atoms with Gasteiger partial charge in [0.15, 0.2) is 0 Å². The van der Waals surface area contributed by atoms with Crippen LogP contribution in [-0.4, -0.2) is 41.9 Å². The fourth-order valence-corrected chi connectivity index (χ4v) is 5.56. The van der Waals surface area contributed by atoms with E-state index < -0.39 is 28.0 Å². The van der Waals surface area contributed by atoms with Crippen molar-refractivity contribution in [3.63, 3.8) is 0 Å². The first kappa shape index (κ1) is 44.5. The van der Waals surface area contributed by atoms with Crippen LogP contribution in [0, 0.1) is 0 Å². The van der Waals surface area contributed by atoms with E-state index in [1.54, 1.807) is 6.08 Å². The van der Waals surface area contributed by atoms with E-state index >= 15 is 0 Å². The van der Waals surface area contributed by atoms with Crippen molar-refractivity contribution in [1.82, 2.24) is 5.32 Å². The normalized spacial score (nSPS) is 14.4. The van der Waals surface area contributed by atoms with Gasteiger partial charge in [-0.15, -0.1) is 0 Å². The summed E-state index contributed by atoms with van der Waals surface area (Å²) in [5.41, 5.74) is 0. The number of carbonyl (C=O) groups is 1. The predicted octanol–water partition coefficient (Wildman–Crippen LogP) is 10.5. The maximum Gasteiger partial charge on any atom is 0.267 e. The average Bonchev–Trinajstić information content (AvgIpc) is 3.03. The molecule has 0 aromatic carbocycles. The molecule has 268 valence electrons. The molecule has 7 heteroatoms. The van der Waals surface area contributed by atoms with Crippen LogP contribution in [0.25, 0.3) is 0 Å². The molecule has 0 aromatic rings. The molecular weight excluding hydrogens is 607 g/mol. The van der Waals surface area contributed by atoms with E-state index in [2.05, 4.69) is 92.1 Å². The van der Waals surface area contributed by atoms with Crippen molar-refractivity contribution in [3.05, 3.63) is 85.1 Å². The molecule has 6 nitrogen and oxygen atoms in total. The van der Waals surface area contributed by atoms with Crippen LogP contribution in [0.3, 0.4) is 0 Å². The number of amides is 1. The topological polar surface area (TPSA) is 104 Å². The second kappa shape index (κ2) is 33.4. The molecule has 1 amide bonds. The van der Waals surface area contributed by atoms with Gasteiger partial charge in [0.25, 0.3) is 10.1 Å². The monoisotopic (exact) mass is 673 g/mol. The summed E-state index contributed by atoms with van der Waals surface area (Å²) in [7, 11) is -4.36. The molecule has 0 radical (unpaired) electrons. The number of aliphatic hydroxyl groups excluding tert-OH is 1. The van der Waals surface area contributed by atoms with Gasteiger partial charge in [-0.3, -0.25) is 9.35 Å². The lowest BCUT2D eigenvalue weighted by Gasteiger charge is -2.21. The van der Waals surface area contributed by atoms with Gasteiger partial charge in [-0.2, -0.15) is 8.42 Å². The Morgan fingerprint density at radius 2 is 1.04 bits per heavy atom. The summed E-state index contributed by atoms with van der Waals surface area (Å²) in [6, 6.07) is -1.09. The van der Waals surface area contributed by atoms with E-state index in [9.17, 15) is 22.9 Å². The van der Waals surface area contributed by atoms with Crippen LogP contribution in [-0.2, 0) is 14.9 Å². The summed E-state index contributed by atoms with van der Waals surface area (Å²) >= 11 is 0. The molecule has 0 rings (SSSR count). The van der Waals surface area contributed by atoms with Gasteiger partial charge in [0, 0.05) is 6.42 Å². The van der Waals surface area contributed by atoms with Gasteiger partial charge in [0.1, 0.15) is 0 Å². The minimum atomic E-state index is -4.36. The fourth-order valence-electron chi connectivity index (χ4n) is 4.83. The molecule has 0 aliphatic rings. The zero-order valence-corrected chi connectivity index (χ0v) is 30.4. The number of carbonyl (C=O) groups excluding carboxylic acids is 1. The number of hydrogen-bond donors (Lipinski definition) is 3. The second-order valence-corrected chi connectivity index (χ2v) is 13.6. The Bertz CT molecular complexity index is 1050. The number of hydrogen-bond acceptors (Lipinski definition) is 4. The largest absolute Gasteiger partial charge is 0.387 e. The molecule has 2 unspecified atom stereocenters. The third kappa shape index (κ3) is 34.7. The van der Waals surface area contributed by atoms with Gasteiger partial charge in [0.05, 0.1) is 17.9 Å². The quantitative estimate of drug-likeness (QED) is 0.0386. The van der Waals surface area contributed by atoms with Crippen molar-refractivity contribution < 1.29 is 22.9 Å². The molecule has 2 atom stereocenters. The summed E-state index contributed by atoms with van der Waals surface area (Å²) in [6.45, 7) is 4.31. The Morgan fingerprint density at radius 1 is 0.596 bits per heavy atom. The first-order valence-corrected chi connectivity index (χ1v) is 19.9. The smallest absolute Gasteiger partial charge is 0.267 e. The first-order chi connectivity index (χ1) is 22.8. The molecule has 3 N–H and O–H groups in total. The molecule has 0 aliphatic heterocycles. The van der Waals surface area contributed by atoms with Crippen molar-refractivity contribution in [1.29, 1.82) is 0 Å². The highest BCUT2D eigenvalue weighted by Crippen LogP contribution is 2.12. The van der Waals surface area contributed by atoms with E-state index in [1.807, 2.05) is 0 Å². The van der Waals surface area contributed by atoms with Crippen LogP contribution in [0.5, 0.6) is 0 Å². The third-order valence-electron chi connectivity index (χ3n) is 7.51. The van der Waals surface area contributed by atoms with Gasteiger partial charge in [-0.25, -0.2) is 0 Å². The number of nitrogens with one attached hydrogen (secondary N) is 1. The number of aliphatic hydroxyl groups is 1. The van der Waals surface area contributed by atoms with Crippen LogP contribution < -0.4 is 5.32 Å². The number of rotatable bonds is 31. The maximum absolute atomic E-state index is 12.5. The molecule has 0 fully saturated rings. The standard InChI is InChI=1S/C40H67NO5S/c1-3-5-7-9-11-13-15-16-17-18-19-20-21-22-23-24-26-28-30-32-34-36-40(43)41-38(37-47(44,45)46)39(42)35-33-31-29-27-25-14-12-10-8-6-4-2/h5,7-8,10-11,13,16-17,19-20,25,27,33,35,38-39,42H,3-4,6,9,12,14-15,18,21-24,26,28-32,34,36-37H2,1-2H3,(H,41,43)(H,44,45,46)/b7-5-,10-8+,13-11-,17-16-,20-19-,27-25+,35-33+. The lowest BCUT2D eigenvalue weighted by atomic mass is 10.1. The Hall–Kier alpha value is -2.48. The zero-order chi connectivity index (χ0) is 34.7. The van der Waals surface area contributed by atoms with Crippen LogP contribution in [0.2, 0.25) is 0 Å². The Labute approximate surface area is 288 Å². The molecule has 0 spiro atoms. The van der Waals surface area contributed by atoms with Crippen LogP contribution in [0.1, 0.15) is 142 Å². The molecule has 47 heavy (non-hydrogen) atoms. The lowest BCUT2D eigenvalue weighted by Crippen LogP contribution is -2.46. The Kier molecular flexibility index (Phi) is 31.7. The number of allylic oxidation sites excluding steroid dienone is 13. The van der Waals surface area contributed by atoms with Crippen molar-refractivity contribution in [3.8, 4) is 0 Å². The van der Waals surface area contributed by atoms with Gasteiger partial charge in [-0.1, -0.05) is 144 Å². The fraction of sp³-hybridized carbons (Fsp3) is 0.625. The average molecular weight is 674 g/mol. The Morgan fingerprint density at radius 3 is 1.57 bits per heavy atom. The summed E-state index contributed by atoms with van der Waals surface area (Å²) in [4.78, 5) is 12.5. The summed E-state index contributed by atoms with van der Waals surface area (Å²) in [5.74, 6) is -1.03. The lowest BCUT2D eigenvalue weighted by molar-refractivity contribution is -0.122. The van der Waals surface area contributed by atoms with E-state index in [-0.39, 0.29) is 12.3 Å². The maximum atomic E-state index is 12.5. The molecule has 0 aliphatic carbocycles. The van der Waals surface area contributed by atoms with Gasteiger partial charge in [-0.05, 0) is 77.0 Å². The second-order valence-electron chi connectivity index (χ2n) is 12.1. The predicted molar refractivity (Wildman–Crippen MR) is 202 cm³/mol. The first-order valence-electron chi connectivity index (χ1n) is 18.3. The van der Waals surface area contributed by atoms with Crippen molar-refractivity contribution in [2.75, 3.05) is 5.75 Å². The zero-order valence-electron chi connectivity index (χ0n) is 29.6. The molecule has 0 saturated carbocycles. The van der Waals surface area contributed by atoms with Crippen LogP contribution in [0.15, 0.2) is 85.1 Å². The highest BCUT2D eigenvalue weighted by molar-refractivity contribution is 7.85. The van der Waals surface area contributed by atoms with Crippen molar-refractivity contribution >= 4 is 16.0 Å². The van der Waals surface area contributed by atoms with Gasteiger partial charge >= 0.3 is 0 Å². The highest BCUT2D eigenvalue weighted by Gasteiger charge is 2.24. The van der Waals surface area contributed by atoms with E-state index in [4.69, 9.17) is 0 Å². The molecular formula is C40H67NO5S. The molecule has 0 aromatic heterocycles. The highest BCUT2D eigenvalue weighted by atomic mass is 32.2. The van der Waals surface area contributed by atoms with Crippen molar-refractivity contribution in [2.45, 2.75) is 154 Å². The van der Waals surface area contributed by atoms with Gasteiger partial charge in [0.2, 0.25) is 5.91 Å². The summed E-state index contributed by atoms with van der Waals surface area (Å²) in [5, 5.41) is 13.1. The van der Waals surface area contributed by atoms with Gasteiger partial charge < -0.3 is 10.4 Å². The summed E-state index contributed by atoms with van der Waals surface area (Å²) < 4.78 is 32.3. The SMILES string of the molecule is CC/C=C\C/C=C\C/C=C\C/C=C\CCCCCCCCCCC(=O)NC(CS(=O)(=O)O)C(O)/C=C/CC/C=C/CC/C=C/CCC. The molecule has 0 bridgehead atoms. The van der Waals surface area contributed by atoms with E-state index in [0.717, 1.165) is 83.5 Å². The van der Waals surface area contributed by atoms with Crippen LogP contribution >= 0.6 is 0 Å². The third-order valence-corrected chi connectivity index (χ3v) is 8.29. The minimum Gasteiger partial charge on any atom is -0.387 e. The van der Waals surface area contributed by atoms with Crippen molar-refractivity contribution in [2.24, 2.45) is 0 Å². The Balaban J connectivity index is 4.01. The van der Waals surface area contributed by atoms with E-state index in [0.29, 0.717) is 12.8 Å². The number of unbranched alkanes of at least 4 members (excludes halogenated alkanes) is 11. The molecule has 0 heterocycles. The molecule has 0 saturated heterocycles.